The fourth-order valence-electron chi connectivity index (χ4n) is 15.1. The summed E-state index contributed by atoms with van der Waals surface area (Å²) in [6, 6.07) is 132. The molecule has 0 spiro atoms. The molecule has 0 bridgehead atoms. The van der Waals surface area contributed by atoms with Crippen LogP contribution in [-0.4, -0.2) is 39.9 Å². The van der Waals surface area contributed by atoms with Crippen molar-refractivity contribution in [2.75, 3.05) is 0 Å². The Labute approximate surface area is 634 Å². The lowest BCUT2D eigenvalue weighted by Gasteiger charge is -2.12. The second-order valence-electron chi connectivity index (χ2n) is 27.9. The standard InChI is InChI=1S/C54H34N4.C48H30N4/c1-3-8-35(9-4-1)45-31-46(36-10-5-2-6-11-36)33-47(32-45)51-28-24-44-30-42(23-27-50(44)56-51)43-20-17-39-21-25-48(57-52(39)34-43)37-13-15-38(16-14-37)49-26-22-41-19-18-40-12-7-29-55-53(40)54(41)58-49;1-2-5-31(6-3-1)32-8-10-33(11-9-32)42-27-23-41-29-39(22-26-45(41)50-42)40-19-16-36-20-24-43(51-46(36)30-40)34-12-14-35(15-13-34)44-25-21-38-18-17-37-7-4-28-49-47(37)48(38)52-44/h1-34H;1-30H. The first kappa shape index (κ1) is 64.7. The molecular weight excluding hydrogens is 1340 g/mol. The molecule has 8 heteroatoms. The van der Waals surface area contributed by atoms with Gasteiger partial charge in [-0.1, -0.05) is 273 Å². The van der Waals surface area contributed by atoms with E-state index < -0.39 is 0 Å². The summed E-state index contributed by atoms with van der Waals surface area (Å²) in [5.74, 6) is 0. The van der Waals surface area contributed by atoms with Crippen molar-refractivity contribution in [3.63, 3.8) is 0 Å². The molecule has 8 nitrogen and oxygen atoms in total. The number of hydrogen-bond acceptors (Lipinski definition) is 8. The number of pyridine rings is 8. The zero-order valence-electron chi connectivity index (χ0n) is 59.5. The normalized spacial score (nSPS) is 11.5. The van der Waals surface area contributed by atoms with E-state index in [4.69, 9.17) is 29.9 Å². The molecule has 0 aliphatic heterocycles. The van der Waals surface area contributed by atoms with E-state index in [-0.39, 0.29) is 0 Å². The van der Waals surface area contributed by atoms with Crippen LogP contribution in [0.4, 0.5) is 0 Å². The van der Waals surface area contributed by atoms with Gasteiger partial charge in [-0.15, -0.1) is 0 Å². The summed E-state index contributed by atoms with van der Waals surface area (Å²) in [4.78, 5) is 39.7. The van der Waals surface area contributed by atoms with Crippen molar-refractivity contribution in [3.05, 3.63) is 389 Å². The molecule has 21 rings (SSSR count). The third-order valence-electron chi connectivity index (χ3n) is 21.0. The van der Waals surface area contributed by atoms with Crippen LogP contribution >= 0.6 is 0 Å². The second-order valence-corrected chi connectivity index (χ2v) is 27.9. The summed E-state index contributed by atoms with van der Waals surface area (Å²) in [5.41, 5.74) is 31.2. The maximum atomic E-state index is 5.18. The lowest BCUT2D eigenvalue weighted by atomic mass is 9.94. The van der Waals surface area contributed by atoms with Crippen molar-refractivity contribution < 1.29 is 0 Å². The fraction of sp³-hybridized carbons (Fsp3) is 0. The Bertz CT molecular complexity index is 7060. The van der Waals surface area contributed by atoms with E-state index in [9.17, 15) is 0 Å². The molecule has 0 N–H and O–H groups in total. The van der Waals surface area contributed by atoms with Crippen LogP contribution in [0.25, 0.3) is 210 Å². The Morgan fingerprint density at radius 1 is 0.127 bits per heavy atom. The maximum Gasteiger partial charge on any atom is 0.0972 e. The summed E-state index contributed by atoms with van der Waals surface area (Å²) in [5, 5.41) is 8.76. The van der Waals surface area contributed by atoms with Crippen molar-refractivity contribution in [2.45, 2.75) is 0 Å². The minimum Gasteiger partial charge on any atom is -0.254 e. The van der Waals surface area contributed by atoms with Crippen LogP contribution < -0.4 is 0 Å². The molecule has 0 fully saturated rings. The van der Waals surface area contributed by atoms with Crippen LogP contribution in [0.1, 0.15) is 0 Å². The van der Waals surface area contributed by atoms with Crippen molar-refractivity contribution in [2.24, 2.45) is 0 Å². The van der Waals surface area contributed by atoms with E-state index in [1.54, 1.807) is 0 Å². The number of benzene rings is 13. The third kappa shape index (κ3) is 12.7. The van der Waals surface area contributed by atoms with Gasteiger partial charge in [0.2, 0.25) is 0 Å². The average molecular weight is 1400 g/mol. The first-order valence-corrected chi connectivity index (χ1v) is 37.0. The van der Waals surface area contributed by atoms with Gasteiger partial charge in [0.15, 0.2) is 0 Å². The number of fused-ring (bicyclic) bond motifs is 10. The average Bonchev–Trinajstić information content (AvgIpc) is 0.793. The van der Waals surface area contributed by atoms with Gasteiger partial charge in [-0.3, -0.25) is 9.97 Å². The Balaban J connectivity index is 0.000000145. The summed E-state index contributed by atoms with van der Waals surface area (Å²) in [6.45, 7) is 0. The Kier molecular flexibility index (Phi) is 16.4. The molecule has 110 heavy (non-hydrogen) atoms. The summed E-state index contributed by atoms with van der Waals surface area (Å²) >= 11 is 0. The summed E-state index contributed by atoms with van der Waals surface area (Å²) in [6.07, 6.45) is 3.65. The molecule has 8 aromatic heterocycles. The smallest absolute Gasteiger partial charge is 0.0972 e. The predicted octanol–water partition coefficient (Wildman–Crippen LogP) is 26.1. The predicted molar refractivity (Wildman–Crippen MR) is 455 cm³/mol. The van der Waals surface area contributed by atoms with Crippen LogP contribution in [0.15, 0.2) is 389 Å². The monoisotopic (exact) mass is 1400 g/mol. The molecule has 13 aromatic carbocycles. The van der Waals surface area contributed by atoms with Gasteiger partial charge in [-0.2, -0.15) is 0 Å². The fourth-order valence-corrected chi connectivity index (χ4v) is 15.1. The van der Waals surface area contributed by atoms with E-state index >= 15 is 0 Å². The minimum atomic E-state index is 0.918. The highest BCUT2D eigenvalue weighted by Gasteiger charge is 2.16. The molecule has 21 aromatic rings. The largest absolute Gasteiger partial charge is 0.254 e. The Morgan fingerprint density at radius 3 is 0.791 bits per heavy atom. The first-order valence-electron chi connectivity index (χ1n) is 37.0. The molecule has 0 saturated carbocycles. The highest BCUT2D eigenvalue weighted by molar-refractivity contribution is 6.05. The molecule has 0 unspecified atom stereocenters. The molecule has 0 aliphatic carbocycles. The van der Waals surface area contributed by atoms with Crippen LogP contribution in [-0.2, 0) is 0 Å². The first-order chi connectivity index (χ1) is 54.4. The number of aromatic nitrogens is 8. The molecule has 512 valence electrons. The van der Waals surface area contributed by atoms with Crippen LogP contribution in [0, 0.1) is 0 Å². The molecule has 8 heterocycles. The van der Waals surface area contributed by atoms with Crippen molar-refractivity contribution in [3.8, 4) is 123 Å². The quantitative estimate of drug-likeness (QED) is 0.118. The summed E-state index contributed by atoms with van der Waals surface area (Å²) < 4.78 is 0. The Morgan fingerprint density at radius 2 is 0.391 bits per heavy atom. The molecule has 0 amide bonds. The van der Waals surface area contributed by atoms with Gasteiger partial charge >= 0.3 is 0 Å². The van der Waals surface area contributed by atoms with Crippen molar-refractivity contribution in [1.82, 2.24) is 39.9 Å². The topological polar surface area (TPSA) is 103 Å². The Hall–Kier alpha value is -14.9. The van der Waals surface area contributed by atoms with Gasteiger partial charge in [-0.25, -0.2) is 29.9 Å². The zero-order chi connectivity index (χ0) is 72.9. The number of hydrogen-bond donors (Lipinski definition) is 0. The molecule has 0 radical (unpaired) electrons. The lowest BCUT2D eigenvalue weighted by molar-refractivity contribution is 1.36. The number of rotatable bonds is 11. The highest BCUT2D eigenvalue weighted by atomic mass is 14.8. The molecule has 0 atom stereocenters. The van der Waals surface area contributed by atoms with Crippen molar-refractivity contribution >= 4 is 87.2 Å². The lowest BCUT2D eigenvalue weighted by Crippen LogP contribution is -1.90. The van der Waals surface area contributed by atoms with Gasteiger partial charge in [0, 0.05) is 88.9 Å². The van der Waals surface area contributed by atoms with Crippen LogP contribution in [0.5, 0.6) is 0 Å². The van der Waals surface area contributed by atoms with Crippen LogP contribution in [0.2, 0.25) is 0 Å². The zero-order valence-corrected chi connectivity index (χ0v) is 59.5. The van der Waals surface area contributed by atoms with Gasteiger partial charge in [0.25, 0.3) is 0 Å². The SMILES string of the molecule is c1ccc(-c2cc(-c3ccccc3)cc(-c3ccc4cc(-c5ccc6ccc(-c7ccc(-c8ccc9ccc%10cccnc%10c9n8)cc7)nc6c5)ccc4n3)c2)cc1.c1ccc(-c2ccc(-c3ccc4cc(-c5ccc6ccc(-c7ccc(-c8ccc9ccc%10cccnc%10c9n8)cc7)nc6c5)ccc4n3)cc2)cc1. The summed E-state index contributed by atoms with van der Waals surface area (Å²) in [7, 11) is 0. The van der Waals surface area contributed by atoms with Gasteiger partial charge < -0.3 is 0 Å². The van der Waals surface area contributed by atoms with Gasteiger partial charge in [-0.05, 0) is 159 Å². The minimum absolute atomic E-state index is 0.918. The third-order valence-corrected chi connectivity index (χ3v) is 21.0. The maximum absolute atomic E-state index is 5.18. The molecule has 0 aliphatic rings. The van der Waals surface area contributed by atoms with Gasteiger partial charge in [0.1, 0.15) is 0 Å². The van der Waals surface area contributed by atoms with Crippen LogP contribution in [0.3, 0.4) is 0 Å². The van der Waals surface area contributed by atoms with E-state index in [0.29, 0.717) is 0 Å². The molecular formula is C102H64N8. The van der Waals surface area contributed by atoms with E-state index in [1.807, 2.05) is 30.6 Å². The van der Waals surface area contributed by atoms with E-state index in [2.05, 4.69) is 368 Å². The van der Waals surface area contributed by atoms with E-state index in [1.165, 1.54) is 33.4 Å². The van der Waals surface area contributed by atoms with Crippen molar-refractivity contribution in [1.29, 1.82) is 0 Å². The highest BCUT2D eigenvalue weighted by Crippen LogP contribution is 2.38. The van der Waals surface area contributed by atoms with E-state index in [0.717, 1.165) is 177 Å². The number of nitrogens with zero attached hydrogens (tertiary/aromatic N) is 8. The second kappa shape index (κ2) is 27.9. The van der Waals surface area contributed by atoms with Gasteiger partial charge in [0.05, 0.1) is 78.3 Å². The molecule has 0 saturated heterocycles.